The van der Waals surface area contributed by atoms with Crippen molar-refractivity contribution in [1.82, 2.24) is 10.2 Å². The minimum atomic E-state index is -0.422. The molecule has 2 atom stereocenters. The van der Waals surface area contributed by atoms with E-state index in [1.165, 1.54) is 12.1 Å². The Balaban J connectivity index is 1.32. The maximum atomic E-state index is 13.4. The molecule has 4 rings (SSSR count). The SMILES string of the molecule is C[C@H](CC(=O)C#Cc1ccccc1)CN1CCC2(CC1)C(=O)NC[C@@H]2c1ccc(F)cc1. The molecule has 166 valence electrons. The summed E-state index contributed by atoms with van der Waals surface area (Å²) in [7, 11) is 0. The number of amides is 1. The molecule has 2 fully saturated rings. The van der Waals surface area contributed by atoms with Crippen molar-refractivity contribution in [2.45, 2.75) is 32.1 Å². The Labute approximate surface area is 189 Å². The van der Waals surface area contributed by atoms with E-state index >= 15 is 0 Å². The van der Waals surface area contributed by atoms with Crippen LogP contribution in [0.3, 0.4) is 0 Å². The average Bonchev–Trinajstić information content (AvgIpc) is 3.11. The molecular formula is C27H29FN2O2. The second kappa shape index (κ2) is 9.67. The summed E-state index contributed by atoms with van der Waals surface area (Å²) in [5.74, 6) is 5.78. The van der Waals surface area contributed by atoms with Crippen molar-refractivity contribution in [2.24, 2.45) is 11.3 Å². The van der Waals surface area contributed by atoms with Gasteiger partial charge < -0.3 is 10.2 Å². The van der Waals surface area contributed by atoms with Crippen LogP contribution in [0.2, 0.25) is 0 Å². The van der Waals surface area contributed by atoms with Crippen LogP contribution in [0, 0.1) is 29.0 Å². The molecule has 1 amide bonds. The third kappa shape index (κ3) is 4.92. The van der Waals surface area contributed by atoms with Crippen LogP contribution in [0.1, 0.15) is 43.2 Å². The fraction of sp³-hybridized carbons (Fsp3) is 0.407. The van der Waals surface area contributed by atoms with Gasteiger partial charge >= 0.3 is 0 Å². The van der Waals surface area contributed by atoms with E-state index in [1.54, 1.807) is 12.1 Å². The summed E-state index contributed by atoms with van der Waals surface area (Å²) in [5, 5.41) is 3.04. The first-order valence-electron chi connectivity index (χ1n) is 11.3. The first-order valence-corrected chi connectivity index (χ1v) is 11.3. The molecule has 2 aliphatic heterocycles. The van der Waals surface area contributed by atoms with Crippen molar-refractivity contribution in [3.05, 3.63) is 71.5 Å². The highest BCUT2D eigenvalue weighted by Crippen LogP contribution is 2.47. The molecule has 0 radical (unpaired) electrons. The summed E-state index contributed by atoms with van der Waals surface area (Å²) in [6, 6.07) is 16.1. The van der Waals surface area contributed by atoms with Crippen molar-refractivity contribution in [1.29, 1.82) is 0 Å². The molecule has 2 aliphatic rings. The summed E-state index contributed by atoms with van der Waals surface area (Å²) < 4.78 is 13.4. The number of rotatable bonds is 5. The first-order chi connectivity index (χ1) is 15.5. The maximum absolute atomic E-state index is 13.4. The fourth-order valence-corrected chi connectivity index (χ4v) is 5.10. The maximum Gasteiger partial charge on any atom is 0.227 e. The predicted molar refractivity (Wildman–Crippen MR) is 122 cm³/mol. The second-order valence-electron chi connectivity index (χ2n) is 9.12. The number of hydrogen-bond donors (Lipinski definition) is 1. The van der Waals surface area contributed by atoms with Gasteiger partial charge in [-0.25, -0.2) is 4.39 Å². The topological polar surface area (TPSA) is 49.4 Å². The van der Waals surface area contributed by atoms with Gasteiger partial charge in [0.15, 0.2) is 0 Å². The summed E-state index contributed by atoms with van der Waals surface area (Å²) in [6.45, 7) is 5.14. The van der Waals surface area contributed by atoms with Gasteiger partial charge in [-0.2, -0.15) is 0 Å². The largest absolute Gasteiger partial charge is 0.355 e. The molecule has 4 nitrogen and oxygen atoms in total. The number of benzene rings is 2. The van der Waals surface area contributed by atoms with Gasteiger partial charge in [-0.3, -0.25) is 9.59 Å². The smallest absolute Gasteiger partial charge is 0.227 e. The number of piperidine rings is 1. The molecule has 0 unspecified atom stereocenters. The number of nitrogens with zero attached hydrogens (tertiary/aromatic N) is 1. The highest BCUT2D eigenvalue weighted by atomic mass is 19.1. The van der Waals surface area contributed by atoms with Crippen molar-refractivity contribution in [2.75, 3.05) is 26.2 Å². The average molecular weight is 433 g/mol. The van der Waals surface area contributed by atoms with Crippen LogP contribution in [0.15, 0.2) is 54.6 Å². The molecule has 5 heteroatoms. The lowest BCUT2D eigenvalue weighted by molar-refractivity contribution is -0.130. The lowest BCUT2D eigenvalue weighted by Gasteiger charge is -2.41. The van der Waals surface area contributed by atoms with E-state index in [4.69, 9.17) is 0 Å². The van der Waals surface area contributed by atoms with Crippen molar-refractivity contribution in [3.63, 3.8) is 0 Å². The molecule has 1 spiro atoms. The van der Waals surface area contributed by atoms with Crippen LogP contribution in [0.4, 0.5) is 4.39 Å². The Morgan fingerprint density at radius 2 is 1.84 bits per heavy atom. The van der Waals surface area contributed by atoms with Crippen LogP contribution in [0.25, 0.3) is 0 Å². The van der Waals surface area contributed by atoms with Crippen LogP contribution in [-0.4, -0.2) is 42.8 Å². The van der Waals surface area contributed by atoms with E-state index in [9.17, 15) is 14.0 Å². The number of carbonyl (C=O) groups excluding carboxylic acids is 2. The quantitative estimate of drug-likeness (QED) is 0.732. The molecule has 1 N–H and O–H groups in total. The number of likely N-dealkylation sites (tertiary alicyclic amines) is 1. The Morgan fingerprint density at radius 1 is 1.16 bits per heavy atom. The molecule has 2 aromatic rings. The molecule has 0 bridgehead atoms. The van der Waals surface area contributed by atoms with Crippen LogP contribution >= 0.6 is 0 Å². The second-order valence-corrected chi connectivity index (χ2v) is 9.12. The monoisotopic (exact) mass is 432 g/mol. The molecule has 2 saturated heterocycles. The highest BCUT2D eigenvalue weighted by molar-refractivity contribution is 5.96. The van der Waals surface area contributed by atoms with E-state index in [0.717, 1.165) is 43.6 Å². The van der Waals surface area contributed by atoms with Crippen molar-refractivity contribution < 1.29 is 14.0 Å². The van der Waals surface area contributed by atoms with Crippen LogP contribution in [-0.2, 0) is 9.59 Å². The molecule has 2 heterocycles. The highest BCUT2D eigenvalue weighted by Gasteiger charge is 2.51. The van der Waals surface area contributed by atoms with Gasteiger partial charge in [-0.1, -0.05) is 43.2 Å². The molecule has 0 saturated carbocycles. The Hall–Kier alpha value is -2.97. The zero-order valence-electron chi connectivity index (χ0n) is 18.4. The van der Waals surface area contributed by atoms with Gasteiger partial charge in [-0.15, -0.1) is 0 Å². The minimum absolute atomic E-state index is 0.0404. The number of hydrogen-bond acceptors (Lipinski definition) is 3. The number of nitrogens with one attached hydrogen (secondary N) is 1. The van der Waals surface area contributed by atoms with E-state index in [2.05, 4.69) is 29.0 Å². The molecule has 0 aromatic heterocycles. The number of ketones is 1. The van der Waals surface area contributed by atoms with E-state index in [-0.39, 0.29) is 29.3 Å². The molecule has 32 heavy (non-hydrogen) atoms. The van der Waals surface area contributed by atoms with Gasteiger partial charge in [-0.05, 0) is 67.6 Å². The molecular weight excluding hydrogens is 403 g/mol. The lowest BCUT2D eigenvalue weighted by atomic mass is 9.68. The summed E-state index contributed by atoms with van der Waals surface area (Å²) >= 11 is 0. The normalized spacial score (nSPS) is 20.9. The number of carbonyl (C=O) groups is 2. The summed E-state index contributed by atoms with van der Waals surface area (Å²) in [6.07, 6.45) is 1.98. The van der Waals surface area contributed by atoms with Gasteiger partial charge in [0.25, 0.3) is 0 Å². The van der Waals surface area contributed by atoms with Crippen LogP contribution < -0.4 is 5.32 Å². The predicted octanol–water partition coefficient (Wildman–Crippen LogP) is 3.77. The molecule has 0 aliphatic carbocycles. The number of Topliss-reactive ketones (excluding diaryl/α,β-unsaturated/α-hetero) is 1. The third-order valence-electron chi connectivity index (χ3n) is 6.83. The van der Waals surface area contributed by atoms with Gasteiger partial charge in [0.1, 0.15) is 5.82 Å². The number of halogens is 1. The Morgan fingerprint density at radius 3 is 2.53 bits per heavy atom. The van der Waals surface area contributed by atoms with Crippen molar-refractivity contribution in [3.8, 4) is 11.8 Å². The fourth-order valence-electron chi connectivity index (χ4n) is 5.10. The third-order valence-corrected chi connectivity index (χ3v) is 6.83. The molecule has 2 aromatic carbocycles. The zero-order valence-corrected chi connectivity index (χ0v) is 18.4. The van der Waals surface area contributed by atoms with E-state index in [0.29, 0.717) is 13.0 Å². The van der Waals surface area contributed by atoms with E-state index in [1.807, 2.05) is 30.3 Å². The Kier molecular flexibility index (Phi) is 6.72. The lowest BCUT2D eigenvalue weighted by Crippen LogP contribution is -2.47. The first kappa shape index (κ1) is 22.2. The zero-order chi connectivity index (χ0) is 22.6. The Bertz CT molecular complexity index is 1020. The van der Waals surface area contributed by atoms with E-state index < -0.39 is 5.41 Å². The summed E-state index contributed by atoms with van der Waals surface area (Å²) in [4.78, 5) is 27.4. The van der Waals surface area contributed by atoms with Crippen molar-refractivity contribution >= 4 is 11.7 Å². The minimum Gasteiger partial charge on any atom is -0.355 e. The summed E-state index contributed by atoms with van der Waals surface area (Å²) in [5.41, 5.74) is 1.45. The van der Waals surface area contributed by atoms with Crippen LogP contribution in [0.5, 0.6) is 0 Å². The van der Waals surface area contributed by atoms with Gasteiger partial charge in [0.05, 0.1) is 5.41 Å². The van der Waals surface area contributed by atoms with Gasteiger partial charge in [0.2, 0.25) is 11.7 Å². The standard InChI is InChI=1S/C27H29FN2O2/c1-20(17-24(31)12-7-21-5-3-2-4-6-21)19-30-15-13-27(14-16-30)25(18-29-26(27)32)22-8-10-23(28)11-9-22/h2-6,8-11,20,25H,13-19H2,1H3,(H,29,32)/t20-,25-/m1/s1. The van der Waals surface area contributed by atoms with Gasteiger partial charge in [0, 0.05) is 31.0 Å².